The molecule has 152 valence electrons. The lowest BCUT2D eigenvalue weighted by Crippen LogP contribution is -2.30. The van der Waals surface area contributed by atoms with E-state index < -0.39 is 17.7 Å². The van der Waals surface area contributed by atoms with Crippen LogP contribution >= 0.6 is 0 Å². The van der Waals surface area contributed by atoms with E-state index in [1.807, 2.05) is 24.3 Å². The third kappa shape index (κ3) is 4.19. The highest BCUT2D eigenvalue weighted by atomic mass is 16.5. The Kier molecular flexibility index (Phi) is 6.70. The molecule has 0 saturated carbocycles. The summed E-state index contributed by atoms with van der Waals surface area (Å²) in [5.41, 5.74) is 1.32. The van der Waals surface area contributed by atoms with E-state index in [0.717, 1.165) is 25.7 Å². The minimum Gasteiger partial charge on any atom is -0.507 e. The molecule has 0 spiro atoms. The maximum absolute atomic E-state index is 13.0. The van der Waals surface area contributed by atoms with E-state index >= 15 is 0 Å². The van der Waals surface area contributed by atoms with E-state index in [2.05, 4.69) is 6.92 Å². The van der Waals surface area contributed by atoms with Crippen molar-refractivity contribution in [3.8, 4) is 5.75 Å². The van der Waals surface area contributed by atoms with Crippen molar-refractivity contribution < 1.29 is 19.4 Å². The summed E-state index contributed by atoms with van der Waals surface area (Å²) in [4.78, 5) is 27.4. The molecule has 0 bridgehead atoms. The molecule has 0 radical (unpaired) electrons. The largest absolute Gasteiger partial charge is 0.507 e. The van der Waals surface area contributed by atoms with E-state index in [9.17, 15) is 14.7 Å². The highest BCUT2D eigenvalue weighted by Crippen LogP contribution is 2.42. The molecule has 1 atom stereocenters. The topological polar surface area (TPSA) is 66.8 Å². The molecule has 1 aliphatic heterocycles. The number of nitrogens with zero attached hydrogens (tertiary/aromatic N) is 1. The molecule has 0 unspecified atom stereocenters. The molecule has 0 aliphatic carbocycles. The van der Waals surface area contributed by atoms with Gasteiger partial charge in [0.15, 0.2) is 0 Å². The van der Waals surface area contributed by atoms with Crippen LogP contribution in [0.4, 0.5) is 0 Å². The number of ketones is 1. The van der Waals surface area contributed by atoms with Gasteiger partial charge in [-0.15, -0.1) is 0 Å². The van der Waals surface area contributed by atoms with E-state index in [0.29, 0.717) is 23.4 Å². The maximum atomic E-state index is 13.0. The molecule has 29 heavy (non-hydrogen) atoms. The van der Waals surface area contributed by atoms with Crippen molar-refractivity contribution in [2.75, 3.05) is 13.7 Å². The van der Waals surface area contributed by atoms with Crippen molar-refractivity contribution in [2.45, 2.75) is 38.6 Å². The van der Waals surface area contributed by atoms with Gasteiger partial charge in [0.05, 0.1) is 18.7 Å². The molecular weight excluding hydrogens is 366 g/mol. The average molecular weight is 393 g/mol. The number of methoxy groups -OCH3 is 1. The zero-order valence-corrected chi connectivity index (χ0v) is 16.9. The summed E-state index contributed by atoms with van der Waals surface area (Å²) in [7, 11) is 1.56. The van der Waals surface area contributed by atoms with Crippen LogP contribution in [0.3, 0.4) is 0 Å². The lowest BCUT2D eigenvalue weighted by Gasteiger charge is -2.26. The van der Waals surface area contributed by atoms with Crippen LogP contribution < -0.4 is 4.74 Å². The van der Waals surface area contributed by atoms with Crippen LogP contribution in [0.2, 0.25) is 0 Å². The number of aliphatic hydroxyl groups excluding tert-OH is 1. The van der Waals surface area contributed by atoms with Crippen LogP contribution in [0, 0.1) is 0 Å². The fourth-order valence-electron chi connectivity index (χ4n) is 3.79. The molecule has 1 N–H and O–H groups in total. The molecule has 3 rings (SSSR count). The maximum Gasteiger partial charge on any atom is 0.295 e. The van der Waals surface area contributed by atoms with Crippen LogP contribution in [-0.4, -0.2) is 35.4 Å². The fourth-order valence-corrected chi connectivity index (χ4v) is 3.79. The number of aliphatic hydroxyl groups is 1. The minimum absolute atomic E-state index is 0.112. The molecule has 2 aromatic carbocycles. The van der Waals surface area contributed by atoms with E-state index in [4.69, 9.17) is 4.74 Å². The number of hydrogen-bond acceptors (Lipinski definition) is 4. The summed E-state index contributed by atoms with van der Waals surface area (Å²) >= 11 is 0. The number of unbranched alkanes of at least 4 members (excludes halogenated alkanes) is 3. The first kappa shape index (κ1) is 20.6. The van der Waals surface area contributed by atoms with Crippen LogP contribution in [0.5, 0.6) is 5.75 Å². The second-order valence-electron chi connectivity index (χ2n) is 7.16. The van der Waals surface area contributed by atoms with Crippen LogP contribution in [-0.2, 0) is 9.59 Å². The lowest BCUT2D eigenvalue weighted by molar-refractivity contribution is -0.139. The van der Waals surface area contributed by atoms with Crippen LogP contribution in [0.15, 0.2) is 60.2 Å². The van der Waals surface area contributed by atoms with Crippen molar-refractivity contribution in [3.63, 3.8) is 0 Å². The number of amides is 1. The molecule has 5 nitrogen and oxygen atoms in total. The Morgan fingerprint density at radius 1 is 1.00 bits per heavy atom. The molecule has 1 aliphatic rings. The van der Waals surface area contributed by atoms with Crippen molar-refractivity contribution >= 4 is 17.4 Å². The summed E-state index contributed by atoms with van der Waals surface area (Å²) < 4.78 is 5.50. The Morgan fingerprint density at radius 2 is 1.69 bits per heavy atom. The number of benzene rings is 2. The Hall–Kier alpha value is -3.08. The van der Waals surface area contributed by atoms with Gasteiger partial charge in [0.1, 0.15) is 11.5 Å². The van der Waals surface area contributed by atoms with Gasteiger partial charge in [-0.05, 0) is 12.5 Å². The molecule has 1 amide bonds. The van der Waals surface area contributed by atoms with E-state index in [1.165, 1.54) is 0 Å². The molecule has 1 saturated heterocycles. The van der Waals surface area contributed by atoms with Crippen molar-refractivity contribution in [1.82, 2.24) is 4.90 Å². The first-order chi connectivity index (χ1) is 14.1. The van der Waals surface area contributed by atoms with E-state index in [-0.39, 0.29) is 11.3 Å². The van der Waals surface area contributed by atoms with Gasteiger partial charge < -0.3 is 14.7 Å². The second-order valence-corrected chi connectivity index (χ2v) is 7.16. The van der Waals surface area contributed by atoms with E-state index in [1.54, 1.807) is 42.3 Å². The summed E-state index contributed by atoms with van der Waals surface area (Å²) in [6.45, 7) is 2.58. The van der Waals surface area contributed by atoms with Gasteiger partial charge in [-0.1, -0.05) is 74.7 Å². The predicted octanol–water partition coefficient (Wildman–Crippen LogP) is 4.70. The summed E-state index contributed by atoms with van der Waals surface area (Å²) in [6.07, 6.45) is 3.95. The number of Topliss-reactive ketones (excluding diaryl/α,β-unsaturated/α-hetero) is 1. The van der Waals surface area contributed by atoms with Gasteiger partial charge in [0.2, 0.25) is 0 Å². The van der Waals surface area contributed by atoms with Crippen molar-refractivity contribution in [2.24, 2.45) is 0 Å². The zero-order chi connectivity index (χ0) is 20.8. The Labute approximate surface area is 171 Å². The van der Waals surface area contributed by atoms with Crippen molar-refractivity contribution in [3.05, 3.63) is 71.3 Å². The third-order valence-corrected chi connectivity index (χ3v) is 5.27. The molecule has 1 fully saturated rings. The average Bonchev–Trinajstić information content (AvgIpc) is 3.01. The molecule has 5 heteroatoms. The van der Waals surface area contributed by atoms with Gasteiger partial charge in [-0.25, -0.2) is 0 Å². The summed E-state index contributed by atoms with van der Waals surface area (Å²) in [6, 6.07) is 15.5. The normalized spacial score (nSPS) is 18.3. The zero-order valence-electron chi connectivity index (χ0n) is 16.9. The van der Waals surface area contributed by atoms with Crippen LogP contribution in [0.25, 0.3) is 5.76 Å². The lowest BCUT2D eigenvalue weighted by atomic mass is 9.94. The minimum atomic E-state index is -0.673. The SMILES string of the molecule is CCCCCCN1C(=O)C(=O)C(=C(O)c2ccccc2)[C@H]1c1ccccc1OC. The number of ether oxygens (including phenoxy) is 1. The number of rotatable bonds is 8. The first-order valence-electron chi connectivity index (χ1n) is 10.1. The Bertz CT molecular complexity index is 904. The van der Waals surface area contributed by atoms with Gasteiger partial charge in [-0.3, -0.25) is 9.59 Å². The van der Waals surface area contributed by atoms with Crippen LogP contribution in [0.1, 0.15) is 49.8 Å². The molecule has 0 aromatic heterocycles. The van der Waals surface area contributed by atoms with Gasteiger partial charge >= 0.3 is 0 Å². The first-order valence-corrected chi connectivity index (χ1v) is 10.1. The smallest absolute Gasteiger partial charge is 0.295 e. The standard InChI is InChI=1S/C24H27NO4/c1-3-4-5-11-16-25-21(18-14-9-10-15-19(18)29-2)20(23(27)24(25)28)22(26)17-12-7-6-8-13-17/h6-10,12-15,21,26H,3-5,11,16H2,1-2H3/t21-/m1/s1. The fraction of sp³-hybridized carbons (Fsp3) is 0.333. The van der Waals surface area contributed by atoms with Gasteiger partial charge in [0, 0.05) is 17.7 Å². The highest BCUT2D eigenvalue weighted by Gasteiger charge is 2.46. The Balaban J connectivity index is 2.10. The number of carbonyl (C=O) groups excluding carboxylic acids is 2. The quantitative estimate of drug-likeness (QED) is 0.306. The predicted molar refractivity (Wildman–Crippen MR) is 113 cm³/mol. The number of carbonyl (C=O) groups is 2. The highest BCUT2D eigenvalue weighted by molar-refractivity contribution is 6.46. The Morgan fingerprint density at radius 3 is 2.38 bits per heavy atom. The summed E-state index contributed by atoms with van der Waals surface area (Å²) in [5.74, 6) is -0.805. The van der Waals surface area contributed by atoms with Crippen molar-refractivity contribution in [1.29, 1.82) is 0 Å². The molecular formula is C24H27NO4. The van der Waals surface area contributed by atoms with Gasteiger partial charge in [0.25, 0.3) is 11.7 Å². The number of hydrogen-bond donors (Lipinski definition) is 1. The summed E-state index contributed by atoms with van der Waals surface area (Å²) in [5, 5.41) is 11.0. The number of likely N-dealkylation sites (tertiary alicyclic amines) is 1. The molecule has 2 aromatic rings. The third-order valence-electron chi connectivity index (χ3n) is 5.27. The second kappa shape index (κ2) is 9.41. The molecule has 1 heterocycles. The van der Waals surface area contributed by atoms with Gasteiger partial charge in [-0.2, -0.15) is 0 Å². The number of para-hydroxylation sites is 1. The monoisotopic (exact) mass is 393 g/mol.